The largest absolute Gasteiger partial charge is 0.311 e. The number of rotatable bonds is 4. The van der Waals surface area contributed by atoms with Gasteiger partial charge in [0.05, 0.1) is 29.2 Å². The number of halogens is 1. The number of nitrogens with zero attached hydrogens (tertiary/aromatic N) is 4. The molecule has 0 fully saturated rings. The third-order valence-electron chi connectivity index (χ3n) is 2.48. The number of nitriles is 1. The maximum absolute atomic E-state index is 8.84. The molecule has 1 N–H and O–H groups in total. The highest BCUT2D eigenvalue weighted by Gasteiger charge is 2.09. The van der Waals surface area contributed by atoms with Gasteiger partial charge in [0.1, 0.15) is 0 Å². The van der Waals surface area contributed by atoms with Crippen molar-refractivity contribution >= 4 is 15.9 Å². The van der Waals surface area contributed by atoms with Crippen molar-refractivity contribution in [1.29, 1.82) is 5.26 Å². The molecule has 18 heavy (non-hydrogen) atoms. The summed E-state index contributed by atoms with van der Waals surface area (Å²) in [6, 6.07) is 7.49. The van der Waals surface area contributed by atoms with Crippen LogP contribution in [0.4, 0.5) is 0 Å². The lowest BCUT2D eigenvalue weighted by atomic mass is 10.2. The van der Waals surface area contributed by atoms with E-state index >= 15 is 0 Å². The normalized spacial score (nSPS) is 10.3. The van der Waals surface area contributed by atoms with E-state index in [0.29, 0.717) is 12.1 Å². The fourth-order valence-electron chi connectivity index (χ4n) is 1.58. The van der Waals surface area contributed by atoms with E-state index in [1.54, 1.807) is 23.0 Å². The molecule has 0 unspecified atom stereocenters. The Morgan fingerprint density at radius 2 is 2.33 bits per heavy atom. The lowest BCUT2D eigenvalue weighted by Gasteiger charge is -2.08. The van der Waals surface area contributed by atoms with Gasteiger partial charge in [-0.25, -0.2) is 4.68 Å². The van der Waals surface area contributed by atoms with Crippen LogP contribution in [0.2, 0.25) is 0 Å². The van der Waals surface area contributed by atoms with Crippen LogP contribution in [0.5, 0.6) is 0 Å². The van der Waals surface area contributed by atoms with Crippen molar-refractivity contribution in [3.05, 3.63) is 40.1 Å². The van der Waals surface area contributed by atoms with Crippen molar-refractivity contribution in [2.45, 2.75) is 13.5 Å². The van der Waals surface area contributed by atoms with Gasteiger partial charge in [-0.15, -0.1) is 5.10 Å². The van der Waals surface area contributed by atoms with Crippen LogP contribution >= 0.6 is 15.9 Å². The van der Waals surface area contributed by atoms with Crippen molar-refractivity contribution in [3.8, 4) is 11.8 Å². The molecule has 0 saturated heterocycles. The SMILES string of the molecule is CCNCc1cnnn1-c1ccc(C#N)cc1Br. The van der Waals surface area contributed by atoms with Gasteiger partial charge in [0.2, 0.25) is 0 Å². The summed E-state index contributed by atoms with van der Waals surface area (Å²) < 4.78 is 2.58. The first-order valence-corrected chi connectivity index (χ1v) is 6.36. The van der Waals surface area contributed by atoms with Crippen molar-refractivity contribution in [2.75, 3.05) is 6.54 Å². The molecule has 6 heteroatoms. The van der Waals surface area contributed by atoms with Crippen LogP contribution in [0.1, 0.15) is 18.2 Å². The zero-order valence-corrected chi connectivity index (χ0v) is 11.5. The van der Waals surface area contributed by atoms with Crippen molar-refractivity contribution in [2.24, 2.45) is 0 Å². The standard InChI is InChI=1S/C12H12BrN5/c1-2-15-7-10-8-16-17-18(10)12-4-3-9(6-14)5-11(12)13/h3-5,8,15H,2,7H2,1H3. The first kappa shape index (κ1) is 12.7. The Kier molecular flexibility index (Phi) is 4.07. The second-order valence-corrected chi connectivity index (χ2v) is 4.55. The zero-order valence-electron chi connectivity index (χ0n) is 9.89. The maximum atomic E-state index is 8.84. The van der Waals surface area contributed by atoms with E-state index in [9.17, 15) is 0 Å². The predicted molar refractivity (Wildman–Crippen MR) is 71.2 cm³/mol. The Balaban J connectivity index is 2.37. The Morgan fingerprint density at radius 3 is 3.00 bits per heavy atom. The second kappa shape index (κ2) is 5.76. The van der Waals surface area contributed by atoms with Gasteiger partial charge in [-0.05, 0) is 40.7 Å². The summed E-state index contributed by atoms with van der Waals surface area (Å²) in [7, 11) is 0. The molecular formula is C12H12BrN5. The smallest absolute Gasteiger partial charge is 0.0992 e. The van der Waals surface area contributed by atoms with E-state index in [1.165, 1.54) is 0 Å². The van der Waals surface area contributed by atoms with E-state index in [2.05, 4.69) is 37.6 Å². The summed E-state index contributed by atoms with van der Waals surface area (Å²) in [5.74, 6) is 0. The molecule has 2 aromatic rings. The summed E-state index contributed by atoms with van der Waals surface area (Å²) >= 11 is 3.45. The topological polar surface area (TPSA) is 66.5 Å². The number of aromatic nitrogens is 3. The van der Waals surface area contributed by atoms with Gasteiger partial charge in [-0.3, -0.25) is 0 Å². The van der Waals surface area contributed by atoms with Gasteiger partial charge in [-0.2, -0.15) is 5.26 Å². The van der Waals surface area contributed by atoms with Crippen LogP contribution in [0.15, 0.2) is 28.9 Å². The molecule has 0 spiro atoms. The number of hydrogen-bond acceptors (Lipinski definition) is 4. The molecule has 5 nitrogen and oxygen atoms in total. The quantitative estimate of drug-likeness (QED) is 0.938. The molecule has 2 rings (SSSR count). The van der Waals surface area contributed by atoms with Gasteiger partial charge < -0.3 is 5.32 Å². The van der Waals surface area contributed by atoms with E-state index in [4.69, 9.17) is 5.26 Å². The summed E-state index contributed by atoms with van der Waals surface area (Å²) in [6.45, 7) is 3.64. The fourth-order valence-corrected chi connectivity index (χ4v) is 2.13. The average molecular weight is 306 g/mol. The molecule has 0 aliphatic carbocycles. The molecule has 0 amide bonds. The molecule has 1 aromatic carbocycles. The van der Waals surface area contributed by atoms with Gasteiger partial charge in [0, 0.05) is 11.0 Å². The highest BCUT2D eigenvalue weighted by atomic mass is 79.9. The minimum absolute atomic E-state index is 0.610. The average Bonchev–Trinajstić information content (AvgIpc) is 2.84. The Labute approximate surface area is 114 Å². The van der Waals surface area contributed by atoms with Crippen molar-refractivity contribution < 1.29 is 0 Å². The Bertz CT molecular complexity index is 584. The molecule has 0 aliphatic heterocycles. The molecule has 0 saturated carbocycles. The van der Waals surface area contributed by atoms with Crippen LogP contribution < -0.4 is 5.32 Å². The molecule has 0 aliphatic rings. The highest BCUT2D eigenvalue weighted by Crippen LogP contribution is 2.22. The lowest BCUT2D eigenvalue weighted by Crippen LogP contribution is -2.15. The maximum Gasteiger partial charge on any atom is 0.0992 e. The first-order valence-electron chi connectivity index (χ1n) is 5.56. The predicted octanol–water partition coefficient (Wildman–Crippen LogP) is 2.01. The van der Waals surface area contributed by atoms with Crippen LogP contribution in [-0.4, -0.2) is 21.5 Å². The van der Waals surface area contributed by atoms with Crippen LogP contribution in [0, 0.1) is 11.3 Å². The molecular weight excluding hydrogens is 294 g/mol. The van der Waals surface area contributed by atoms with Gasteiger partial charge >= 0.3 is 0 Å². The highest BCUT2D eigenvalue weighted by molar-refractivity contribution is 9.10. The van der Waals surface area contributed by atoms with Crippen LogP contribution in [0.3, 0.4) is 0 Å². The molecule has 92 valence electrons. The van der Waals surface area contributed by atoms with E-state index in [1.807, 2.05) is 13.0 Å². The number of nitrogens with one attached hydrogen (secondary N) is 1. The summed E-state index contributed by atoms with van der Waals surface area (Å²) in [4.78, 5) is 0. The summed E-state index contributed by atoms with van der Waals surface area (Å²) in [6.07, 6.45) is 1.73. The van der Waals surface area contributed by atoms with E-state index in [-0.39, 0.29) is 0 Å². The van der Waals surface area contributed by atoms with Crippen LogP contribution in [-0.2, 0) is 6.54 Å². The van der Waals surface area contributed by atoms with Gasteiger partial charge in [-0.1, -0.05) is 12.1 Å². The monoisotopic (exact) mass is 305 g/mol. The third-order valence-corrected chi connectivity index (χ3v) is 3.12. The first-order chi connectivity index (χ1) is 8.76. The molecule has 0 radical (unpaired) electrons. The number of benzene rings is 1. The zero-order chi connectivity index (χ0) is 13.0. The Hall–Kier alpha value is -1.71. The van der Waals surface area contributed by atoms with E-state index < -0.39 is 0 Å². The minimum Gasteiger partial charge on any atom is -0.311 e. The fraction of sp³-hybridized carbons (Fsp3) is 0.250. The lowest BCUT2D eigenvalue weighted by molar-refractivity contribution is 0.671. The Morgan fingerprint density at radius 1 is 1.50 bits per heavy atom. The molecule has 1 aromatic heterocycles. The summed E-state index contributed by atoms with van der Waals surface area (Å²) in [5, 5.41) is 20.1. The van der Waals surface area contributed by atoms with Crippen molar-refractivity contribution in [1.82, 2.24) is 20.3 Å². The molecule has 0 atom stereocenters. The van der Waals surface area contributed by atoms with Crippen LogP contribution in [0.25, 0.3) is 5.69 Å². The third kappa shape index (κ3) is 2.58. The van der Waals surface area contributed by atoms with Gasteiger partial charge in [0.15, 0.2) is 0 Å². The molecule has 1 heterocycles. The van der Waals surface area contributed by atoms with E-state index in [0.717, 1.165) is 22.4 Å². The molecule has 0 bridgehead atoms. The van der Waals surface area contributed by atoms with Gasteiger partial charge in [0.25, 0.3) is 0 Å². The number of hydrogen-bond donors (Lipinski definition) is 1. The van der Waals surface area contributed by atoms with Crippen molar-refractivity contribution in [3.63, 3.8) is 0 Å². The second-order valence-electron chi connectivity index (χ2n) is 3.70. The minimum atomic E-state index is 0.610. The summed E-state index contributed by atoms with van der Waals surface area (Å²) in [5.41, 5.74) is 2.46.